The molecule has 1 saturated carbocycles. The number of para-hydroxylation sites is 1. The molecule has 3 aliphatic heterocycles. The highest BCUT2D eigenvalue weighted by Crippen LogP contribution is 2.37. The maximum atomic E-state index is 15.2. The average Bonchev–Trinajstić information content (AvgIpc) is 3.49. The molecule has 0 unspecified atom stereocenters. The largest absolute Gasteiger partial charge is 0.366 e. The van der Waals surface area contributed by atoms with Crippen LogP contribution in [0.3, 0.4) is 0 Å². The minimum atomic E-state index is -0.446. The van der Waals surface area contributed by atoms with Crippen LogP contribution < -0.4 is 25.3 Å². The molecular weight excluding hydrogens is 526 g/mol. The van der Waals surface area contributed by atoms with Crippen LogP contribution in [0.5, 0.6) is 0 Å². The van der Waals surface area contributed by atoms with E-state index in [1.54, 1.807) is 35.4 Å². The molecule has 1 aromatic heterocycles. The maximum Gasteiger partial charge on any atom is 0.330 e. The number of nitrogens with zero attached hydrogens (tertiary/aromatic N) is 6. The first-order chi connectivity index (χ1) is 20.0. The molecule has 3 aromatic rings. The summed E-state index contributed by atoms with van der Waals surface area (Å²) in [7, 11) is 0. The number of hydrogen-bond donors (Lipinski definition) is 2. The summed E-state index contributed by atoms with van der Waals surface area (Å²) >= 11 is 0. The second-order valence-electron chi connectivity index (χ2n) is 11.3. The van der Waals surface area contributed by atoms with E-state index in [9.17, 15) is 9.18 Å². The van der Waals surface area contributed by atoms with Gasteiger partial charge in [0, 0.05) is 68.8 Å². The maximum absolute atomic E-state index is 15.2. The smallest absolute Gasteiger partial charge is 0.330 e. The number of nitrogens with one attached hydrogen (secondary N) is 2. The highest BCUT2D eigenvalue weighted by atomic mass is 19.1. The fraction of sp³-hybridized carbons (Fsp3) is 0.433. The summed E-state index contributed by atoms with van der Waals surface area (Å²) in [6, 6.07) is 11.6. The van der Waals surface area contributed by atoms with E-state index in [0.29, 0.717) is 23.2 Å². The zero-order valence-electron chi connectivity index (χ0n) is 22.9. The molecule has 0 spiro atoms. The van der Waals surface area contributed by atoms with Gasteiger partial charge in [-0.3, -0.25) is 14.7 Å². The Kier molecular flexibility index (Phi) is 6.91. The zero-order valence-corrected chi connectivity index (χ0v) is 22.9. The molecule has 1 aliphatic carbocycles. The van der Waals surface area contributed by atoms with Crippen LogP contribution in [0.15, 0.2) is 48.7 Å². The van der Waals surface area contributed by atoms with Gasteiger partial charge in [-0.05, 0) is 43.2 Å². The normalized spacial score (nSPS) is 20.3. The van der Waals surface area contributed by atoms with Crippen LogP contribution in [0.4, 0.5) is 42.4 Å². The van der Waals surface area contributed by atoms with Crippen molar-refractivity contribution in [3.63, 3.8) is 0 Å². The third-order valence-electron chi connectivity index (χ3n) is 8.74. The fourth-order valence-corrected chi connectivity index (χ4v) is 6.49. The first-order valence-electron chi connectivity index (χ1n) is 14.5. The lowest BCUT2D eigenvalue weighted by atomic mass is 10.0. The van der Waals surface area contributed by atoms with E-state index in [4.69, 9.17) is 4.98 Å². The fourth-order valence-electron chi connectivity index (χ4n) is 6.49. The molecule has 0 radical (unpaired) electrons. The van der Waals surface area contributed by atoms with Crippen LogP contribution >= 0.6 is 0 Å². The number of fused-ring (bicyclic) bond motifs is 1. The lowest BCUT2D eigenvalue weighted by Gasteiger charge is -2.48. The predicted octanol–water partition coefficient (Wildman–Crippen LogP) is 4.48. The molecule has 7 rings (SSSR count). The van der Waals surface area contributed by atoms with Crippen molar-refractivity contribution in [3.05, 3.63) is 65.9 Å². The number of urea groups is 1. The number of halogens is 2. The molecule has 3 fully saturated rings. The molecular formula is C30H34F2N8O. The van der Waals surface area contributed by atoms with Gasteiger partial charge in [0.25, 0.3) is 0 Å². The van der Waals surface area contributed by atoms with Crippen molar-refractivity contribution in [2.45, 2.75) is 44.3 Å². The second-order valence-corrected chi connectivity index (χ2v) is 11.3. The van der Waals surface area contributed by atoms with Crippen LogP contribution in [0.25, 0.3) is 0 Å². The Balaban J connectivity index is 1.10. The predicted molar refractivity (Wildman–Crippen MR) is 155 cm³/mol. The molecule has 4 heterocycles. The molecule has 0 bridgehead atoms. The summed E-state index contributed by atoms with van der Waals surface area (Å²) in [6.45, 7) is 5.91. The number of amides is 2. The van der Waals surface area contributed by atoms with Crippen molar-refractivity contribution in [2.24, 2.45) is 0 Å². The van der Waals surface area contributed by atoms with Crippen molar-refractivity contribution in [1.82, 2.24) is 20.2 Å². The summed E-state index contributed by atoms with van der Waals surface area (Å²) in [6.07, 6.45) is 5.45. The zero-order chi connectivity index (χ0) is 27.9. The van der Waals surface area contributed by atoms with Gasteiger partial charge in [0.2, 0.25) is 5.95 Å². The Bertz CT molecular complexity index is 1440. The Hall–Kier alpha value is -3.83. The van der Waals surface area contributed by atoms with Crippen molar-refractivity contribution >= 4 is 34.9 Å². The molecule has 41 heavy (non-hydrogen) atoms. The highest BCUT2D eigenvalue weighted by molar-refractivity contribution is 6.06. The molecule has 2 N–H and O–H groups in total. The third kappa shape index (κ3) is 4.97. The number of rotatable bonds is 6. The molecule has 2 aromatic carbocycles. The number of hydrogen-bond acceptors (Lipinski definition) is 7. The topological polar surface area (TPSA) is 79.9 Å². The van der Waals surface area contributed by atoms with Crippen molar-refractivity contribution in [2.75, 3.05) is 59.3 Å². The minimum Gasteiger partial charge on any atom is -0.366 e. The highest BCUT2D eigenvalue weighted by Gasteiger charge is 2.39. The summed E-state index contributed by atoms with van der Waals surface area (Å²) in [4.78, 5) is 30.7. The van der Waals surface area contributed by atoms with Gasteiger partial charge in [-0.2, -0.15) is 4.98 Å². The summed E-state index contributed by atoms with van der Waals surface area (Å²) < 4.78 is 29.9. The van der Waals surface area contributed by atoms with Crippen LogP contribution in [0.2, 0.25) is 0 Å². The number of anilines is 5. The quantitative estimate of drug-likeness (QED) is 0.460. The van der Waals surface area contributed by atoms with Crippen LogP contribution in [-0.4, -0.2) is 72.3 Å². The van der Waals surface area contributed by atoms with Gasteiger partial charge >= 0.3 is 6.03 Å². The first-order valence-corrected chi connectivity index (χ1v) is 14.5. The van der Waals surface area contributed by atoms with E-state index in [1.165, 1.54) is 17.0 Å². The van der Waals surface area contributed by atoms with Gasteiger partial charge in [-0.1, -0.05) is 25.0 Å². The number of benzene rings is 2. The van der Waals surface area contributed by atoms with E-state index in [2.05, 4.69) is 25.4 Å². The van der Waals surface area contributed by atoms with Crippen LogP contribution in [0.1, 0.15) is 31.2 Å². The number of carbonyl (C=O) groups excluding carboxylic acids is 1. The Morgan fingerprint density at radius 2 is 1.71 bits per heavy atom. The second kappa shape index (κ2) is 10.9. The Morgan fingerprint density at radius 1 is 0.927 bits per heavy atom. The molecule has 214 valence electrons. The van der Waals surface area contributed by atoms with E-state index < -0.39 is 5.82 Å². The molecule has 11 heteroatoms. The van der Waals surface area contributed by atoms with E-state index in [-0.39, 0.29) is 36.1 Å². The van der Waals surface area contributed by atoms with Crippen LogP contribution in [0, 0.1) is 11.6 Å². The van der Waals surface area contributed by atoms with Gasteiger partial charge < -0.3 is 15.5 Å². The van der Waals surface area contributed by atoms with Gasteiger partial charge in [-0.15, -0.1) is 0 Å². The average molecular weight is 561 g/mol. The summed E-state index contributed by atoms with van der Waals surface area (Å²) in [5.41, 5.74) is 2.11. The number of carbonyl (C=O) groups is 1. The number of aromatic nitrogens is 2. The molecule has 2 amide bonds. The third-order valence-corrected chi connectivity index (χ3v) is 8.74. The summed E-state index contributed by atoms with van der Waals surface area (Å²) in [5, 5.41) is 6.50. The lowest BCUT2D eigenvalue weighted by Crippen LogP contribution is -2.63. The standard InChI is InChI=1S/C30H34F2N8O/c31-24-7-3-4-8-27(24)39-17-20-16-34-29(36-28(20)40(30(39)41)22-5-1-2-6-22)35-21-9-10-26(25(32)15-21)38-18-23(19-38)37-13-11-33-12-14-37/h3-4,7-10,15-16,22-23,33H,1-2,5-6,11-14,17-19H2,(H,34,35,36). The molecule has 9 nitrogen and oxygen atoms in total. The SMILES string of the molecule is O=C1N(c2ccccc2F)Cc2cnc(Nc3ccc(N4CC(N5CCNCC5)C4)c(F)c3)nc2N1C1CCCC1. The van der Waals surface area contributed by atoms with Crippen molar-refractivity contribution < 1.29 is 13.6 Å². The van der Waals surface area contributed by atoms with Gasteiger partial charge in [0.1, 0.15) is 17.5 Å². The Labute approximate surface area is 238 Å². The molecule has 4 aliphatic rings. The van der Waals surface area contributed by atoms with Gasteiger partial charge in [0.15, 0.2) is 0 Å². The van der Waals surface area contributed by atoms with Gasteiger partial charge in [0.05, 0.1) is 17.9 Å². The monoisotopic (exact) mass is 560 g/mol. The minimum absolute atomic E-state index is 0.0168. The van der Waals surface area contributed by atoms with E-state index >= 15 is 4.39 Å². The lowest BCUT2D eigenvalue weighted by molar-refractivity contribution is 0.147. The van der Waals surface area contributed by atoms with Crippen molar-refractivity contribution in [1.29, 1.82) is 0 Å². The number of piperazine rings is 1. The van der Waals surface area contributed by atoms with E-state index in [0.717, 1.165) is 70.5 Å². The first kappa shape index (κ1) is 26.1. The molecule has 2 saturated heterocycles. The van der Waals surface area contributed by atoms with Gasteiger partial charge in [-0.25, -0.2) is 18.6 Å². The van der Waals surface area contributed by atoms with E-state index in [1.807, 2.05) is 6.07 Å². The van der Waals surface area contributed by atoms with Crippen molar-refractivity contribution in [3.8, 4) is 0 Å². The Morgan fingerprint density at radius 3 is 2.46 bits per heavy atom. The van der Waals surface area contributed by atoms with Crippen LogP contribution in [-0.2, 0) is 6.54 Å². The molecule has 0 atom stereocenters. The summed E-state index contributed by atoms with van der Waals surface area (Å²) in [5.74, 6) is 0.0743.